The second-order valence-electron chi connectivity index (χ2n) is 6.44. The molecule has 0 aliphatic heterocycles. The van der Waals surface area contributed by atoms with Crippen molar-refractivity contribution in [3.63, 3.8) is 0 Å². The fourth-order valence-electron chi connectivity index (χ4n) is 2.71. The second kappa shape index (κ2) is 11.2. The normalized spacial score (nSPS) is 11.3. The summed E-state index contributed by atoms with van der Waals surface area (Å²) in [6.07, 6.45) is 1.59. The summed E-state index contributed by atoms with van der Waals surface area (Å²) in [5.41, 5.74) is 1.43. The lowest BCUT2D eigenvalue weighted by Crippen LogP contribution is -2.35. The molecule has 0 unspecified atom stereocenters. The lowest BCUT2D eigenvalue weighted by Gasteiger charge is -2.16. The largest absolute Gasteiger partial charge is 0.347 e. The molecule has 0 aromatic heterocycles. The summed E-state index contributed by atoms with van der Waals surface area (Å²) < 4.78 is 0. The summed E-state index contributed by atoms with van der Waals surface area (Å²) in [6, 6.07) is 25.5. The summed E-state index contributed by atoms with van der Waals surface area (Å²) in [7, 11) is 0. The molecule has 0 fully saturated rings. The van der Waals surface area contributed by atoms with Crippen molar-refractivity contribution in [2.45, 2.75) is 4.90 Å². The molecule has 3 rings (SSSR count). The molecule has 6 heteroatoms. The number of nitrogens with one attached hydrogen (secondary N) is 2. The first kappa shape index (κ1) is 22.4. The zero-order valence-corrected chi connectivity index (χ0v) is 18.2. The number of amides is 2. The van der Waals surface area contributed by atoms with E-state index in [1.54, 1.807) is 42.5 Å². The van der Waals surface area contributed by atoms with E-state index in [2.05, 4.69) is 17.2 Å². The molecule has 3 aromatic rings. The van der Waals surface area contributed by atoms with Gasteiger partial charge in [-0.1, -0.05) is 78.0 Å². The third kappa shape index (κ3) is 6.35. The molecule has 3 aromatic carbocycles. The Morgan fingerprint density at radius 1 is 0.871 bits per heavy atom. The fourth-order valence-corrected chi connectivity index (χ4v) is 3.84. The molecule has 2 N–H and O–H groups in total. The van der Waals surface area contributed by atoms with Gasteiger partial charge in [-0.3, -0.25) is 9.59 Å². The van der Waals surface area contributed by atoms with Crippen LogP contribution in [0.3, 0.4) is 0 Å². The Hall–Kier alpha value is -3.28. The molecule has 0 aliphatic carbocycles. The van der Waals surface area contributed by atoms with E-state index >= 15 is 0 Å². The Morgan fingerprint density at radius 2 is 1.45 bits per heavy atom. The third-order valence-electron chi connectivity index (χ3n) is 4.21. The SMILES string of the molecule is C=CCNC(=O)/C(NC(=O)c1ccccc1)=C(\Sc1ccc(Cl)cc1)c1ccccc1. The van der Waals surface area contributed by atoms with E-state index < -0.39 is 5.91 Å². The standard InChI is InChI=1S/C25H21ClN2O2S/c1-2-17-27-25(30)22(28-24(29)19-11-7-4-8-12-19)23(18-9-5-3-6-10-18)31-21-15-13-20(26)14-16-21/h2-16H,1,17H2,(H,27,30)(H,28,29)/b23-22+. The summed E-state index contributed by atoms with van der Waals surface area (Å²) in [5.74, 6) is -0.765. The van der Waals surface area contributed by atoms with E-state index in [0.717, 1.165) is 10.5 Å². The van der Waals surface area contributed by atoms with Crippen LogP contribution in [0.5, 0.6) is 0 Å². The summed E-state index contributed by atoms with van der Waals surface area (Å²) >= 11 is 7.40. The molecular formula is C25H21ClN2O2S. The van der Waals surface area contributed by atoms with Crippen molar-refractivity contribution in [2.75, 3.05) is 6.54 Å². The van der Waals surface area contributed by atoms with E-state index in [4.69, 9.17) is 11.6 Å². The molecule has 0 bridgehead atoms. The maximum atomic E-state index is 13.1. The maximum absolute atomic E-state index is 13.1. The highest BCUT2D eigenvalue weighted by molar-refractivity contribution is 8.08. The van der Waals surface area contributed by atoms with Crippen LogP contribution >= 0.6 is 23.4 Å². The Bertz CT molecular complexity index is 1080. The molecule has 2 amide bonds. The van der Waals surface area contributed by atoms with Gasteiger partial charge in [-0.2, -0.15) is 0 Å². The number of hydrogen-bond acceptors (Lipinski definition) is 3. The topological polar surface area (TPSA) is 58.2 Å². The van der Waals surface area contributed by atoms with Gasteiger partial charge in [0.2, 0.25) is 0 Å². The lowest BCUT2D eigenvalue weighted by molar-refractivity contribution is -0.117. The molecular weight excluding hydrogens is 428 g/mol. The predicted molar refractivity (Wildman–Crippen MR) is 128 cm³/mol. The van der Waals surface area contributed by atoms with Gasteiger partial charge in [-0.05, 0) is 42.0 Å². The van der Waals surface area contributed by atoms with Crippen LogP contribution in [0.1, 0.15) is 15.9 Å². The van der Waals surface area contributed by atoms with Crippen molar-refractivity contribution in [3.8, 4) is 0 Å². The van der Waals surface area contributed by atoms with E-state index in [0.29, 0.717) is 15.5 Å². The first-order chi connectivity index (χ1) is 15.1. The first-order valence-electron chi connectivity index (χ1n) is 9.57. The molecule has 0 atom stereocenters. The molecule has 156 valence electrons. The Labute approximate surface area is 191 Å². The highest BCUT2D eigenvalue weighted by Crippen LogP contribution is 2.36. The fraction of sp³-hybridized carbons (Fsp3) is 0.0400. The molecule has 0 saturated carbocycles. The molecule has 4 nitrogen and oxygen atoms in total. The van der Waals surface area contributed by atoms with Gasteiger partial charge in [-0.15, -0.1) is 6.58 Å². The molecule has 0 radical (unpaired) electrons. The van der Waals surface area contributed by atoms with Gasteiger partial charge in [0.15, 0.2) is 0 Å². The van der Waals surface area contributed by atoms with Gasteiger partial charge in [0.1, 0.15) is 5.70 Å². The average Bonchev–Trinajstić information content (AvgIpc) is 2.82. The first-order valence-corrected chi connectivity index (χ1v) is 10.8. The number of carbonyl (C=O) groups excluding carboxylic acids is 2. The van der Waals surface area contributed by atoms with Crippen molar-refractivity contribution in [2.24, 2.45) is 0 Å². The van der Waals surface area contributed by atoms with Crippen LogP contribution in [0.4, 0.5) is 0 Å². The predicted octanol–water partition coefficient (Wildman–Crippen LogP) is 5.53. The van der Waals surface area contributed by atoms with Crippen molar-refractivity contribution < 1.29 is 9.59 Å². The van der Waals surface area contributed by atoms with E-state index in [-0.39, 0.29) is 18.1 Å². The van der Waals surface area contributed by atoms with Crippen LogP contribution in [0.15, 0.2) is 108 Å². The average molecular weight is 449 g/mol. The Morgan fingerprint density at radius 3 is 2.03 bits per heavy atom. The van der Waals surface area contributed by atoms with Crippen LogP contribution in [0.2, 0.25) is 5.02 Å². The zero-order valence-electron chi connectivity index (χ0n) is 16.7. The van der Waals surface area contributed by atoms with Crippen molar-refractivity contribution >= 4 is 40.1 Å². The molecule has 31 heavy (non-hydrogen) atoms. The number of rotatable bonds is 8. The number of thioether (sulfide) groups is 1. The van der Waals surface area contributed by atoms with Crippen LogP contribution in [-0.2, 0) is 4.79 Å². The van der Waals surface area contributed by atoms with E-state index in [1.807, 2.05) is 48.5 Å². The van der Waals surface area contributed by atoms with Gasteiger partial charge >= 0.3 is 0 Å². The van der Waals surface area contributed by atoms with Gasteiger partial charge in [0.25, 0.3) is 11.8 Å². The van der Waals surface area contributed by atoms with Crippen LogP contribution in [-0.4, -0.2) is 18.4 Å². The van der Waals surface area contributed by atoms with Gasteiger partial charge in [0, 0.05) is 26.9 Å². The van der Waals surface area contributed by atoms with Crippen LogP contribution in [0.25, 0.3) is 4.91 Å². The minimum absolute atomic E-state index is 0.168. The monoisotopic (exact) mass is 448 g/mol. The Kier molecular flexibility index (Phi) is 8.10. The number of carbonyl (C=O) groups is 2. The smallest absolute Gasteiger partial charge is 0.269 e. The highest BCUT2D eigenvalue weighted by atomic mass is 35.5. The number of benzene rings is 3. The second-order valence-corrected chi connectivity index (χ2v) is 7.97. The van der Waals surface area contributed by atoms with Gasteiger partial charge in [-0.25, -0.2) is 0 Å². The van der Waals surface area contributed by atoms with E-state index in [1.165, 1.54) is 11.8 Å². The minimum atomic E-state index is -0.399. The summed E-state index contributed by atoms with van der Waals surface area (Å²) in [6.45, 7) is 3.92. The lowest BCUT2D eigenvalue weighted by atomic mass is 10.1. The minimum Gasteiger partial charge on any atom is -0.347 e. The molecule has 0 saturated heterocycles. The van der Waals surface area contributed by atoms with Gasteiger partial charge in [0.05, 0.1) is 0 Å². The zero-order chi connectivity index (χ0) is 22.1. The van der Waals surface area contributed by atoms with Crippen LogP contribution < -0.4 is 10.6 Å². The third-order valence-corrected chi connectivity index (χ3v) is 5.61. The highest BCUT2D eigenvalue weighted by Gasteiger charge is 2.21. The maximum Gasteiger partial charge on any atom is 0.269 e. The van der Waals surface area contributed by atoms with Crippen molar-refractivity contribution in [3.05, 3.63) is 119 Å². The van der Waals surface area contributed by atoms with Crippen molar-refractivity contribution in [1.82, 2.24) is 10.6 Å². The van der Waals surface area contributed by atoms with Crippen molar-refractivity contribution in [1.29, 1.82) is 0 Å². The number of hydrogen-bond donors (Lipinski definition) is 2. The van der Waals surface area contributed by atoms with Crippen LogP contribution in [0, 0.1) is 0 Å². The number of halogens is 1. The molecule has 0 spiro atoms. The quantitative estimate of drug-likeness (QED) is 0.270. The van der Waals surface area contributed by atoms with E-state index in [9.17, 15) is 9.59 Å². The molecule has 0 heterocycles. The Balaban J connectivity index is 2.08. The molecule has 0 aliphatic rings. The summed E-state index contributed by atoms with van der Waals surface area (Å²) in [4.78, 5) is 27.5. The summed E-state index contributed by atoms with van der Waals surface area (Å²) in [5, 5.41) is 6.21. The van der Waals surface area contributed by atoms with Gasteiger partial charge < -0.3 is 10.6 Å².